The molecule has 0 spiro atoms. The number of rotatable bonds is 25. The highest BCUT2D eigenvalue weighted by Crippen LogP contribution is 2.56. The van der Waals surface area contributed by atoms with Crippen molar-refractivity contribution in [2.45, 2.75) is 65.2 Å². The first-order valence-corrected chi connectivity index (χ1v) is 24.7. The first-order valence-electron chi connectivity index (χ1n) is 24.7. The molecule has 12 heteroatoms. The fourth-order valence-electron chi connectivity index (χ4n) is 9.52. The largest absolute Gasteiger partial charge is 0.422 e. The van der Waals surface area contributed by atoms with Crippen molar-refractivity contribution < 1.29 is 38.0 Å². The summed E-state index contributed by atoms with van der Waals surface area (Å²) in [5, 5.41) is 20.3. The normalized spacial score (nSPS) is 15.0. The number of aryl methyl sites for hydroxylation is 2. The number of hydrogen-bond donors (Lipinski definition) is 0. The van der Waals surface area contributed by atoms with Crippen molar-refractivity contribution in [3.8, 4) is 23.6 Å². The molecule has 5 aromatic rings. The first kappa shape index (κ1) is 54.3. The van der Waals surface area contributed by atoms with Crippen molar-refractivity contribution in [2.24, 2.45) is 0 Å². The van der Waals surface area contributed by atoms with Gasteiger partial charge in [-0.2, -0.15) is 10.5 Å². The van der Waals surface area contributed by atoms with Gasteiger partial charge in [-0.1, -0.05) is 74.5 Å². The Morgan fingerprint density at radius 3 is 1.47 bits per heavy atom. The molecule has 72 heavy (non-hydrogen) atoms. The van der Waals surface area contributed by atoms with Crippen molar-refractivity contribution in [3.63, 3.8) is 0 Å². The first-order chi connectivity index (χ1) is 34.8. The molecule has 1 atom stereocenters. The Bertz CT molecular complexity index is 2780. The molecule has 6 rings (SSSR count). The lowest BCUT2D eigenvalue weighted by molar-refractivity contribution is -0.130. The number of esters is 2. The molecule has 1 unspecified atom stereocenters. The van der Waals surface area contributed by atoms with Crippen LogP contribution in [0.1, 0.15) is 85.0 Å². The molecule has 0 N–H and O–H groups in total. The summed E-state index contributed by atoms with van der Waals surface area (Å²) in [6.07, 6.45) is 4.72. The van der Waals surface area contributed by atoms with Crippen molar-refractivity contribution in [1.29, 1.82) is 10.5 Å². The fourth-order valence-corrected chi connectivity index (χ4v) is 9.52. The van der Waals surface area contributed by atoms with E-state index in [9.17, 15) is 20.1 Å². The van der Waals surface area contributed by atoms with Crippen molar-refractivity contribution >= 4 is 35.5 Å². The molecule has 0 aromatic heterocycles. The van der Waals surface area contributed by atoms with Gasteiger partial charge in [-0.15, -0.1) is 0 Å². The van der Waals surface area contributed by atoms with E-state index < -0.39 is 17.4 Å². The van der Waals surface area contributed by atoms with Crippen LogP contribution in [-0.2, 0) is 39.4 Å². The molecule has 1 aliphatic carbocycles. The zero-order valence-corrected chi connectivity index (χ0v) is 43.1. The van der Waals surface area contributed by atoms with E-state index in [-0.39, 0.29) is 16.6 Å². The lowest BCUT2D eigenvalue weighted by atomic mass is 9.68. The van der Waals surface area contributed by atoms with Gasteiger partial charge in [0.25, 0.3) is 0 Å². The molecule has 12 nitrogen and oxygen atoms in total. The number of carbonyl (C=O) groups is 2. The third-order valence-corrected chi connectivity index (χ3v) is 13.2. The van der Waals surface area contributed by atoms with E-state index in [1.165, 1.54) is 5.56 Å². The van der Waals surface area contributed by atoms with E-state index in [0.29, 0.717) is 70.8 Å². The molecule has 0 saturated heterocycles. The van der Waals surface area contributed by atoms with E-state index in [1.54, 1.807) is 50.6 Å². The van der Waals surface area contributed by atoms with Crippen LogP contribution in [-0.4, -0.2) is 92.0 Å². The average molecular weight is 973 g/mol. The van der Waals surface area contributed by atoms with Gasteiger partial charge in [-0.25, -0.2) is 9.59 Å². The Morgan fingerprint density at radius 2 is 1.04 bits per heavy atom. The van der Waals surface area contributed by atoms with Crippen molar-refractivity contribution in [2.75, 3.05) is 89.8 Å². The van der Waals surface area contributed by atoms with Crippen LogP contribution in [0, 0.1) is 36.5 Å². The van der Waals surface area contributed by atoms with Gasteiger partial charge >= 0.3 is 11.9 Å². The summed E-state index contributed by atoms with van der Waals surface area (Å²) in [5.74, 6) is -0.912. The van der Waals surface area contributed by atoms with Crippen LogP contribution in [0.2, 0.25) is 0 Å². The number of nitriles is 2. The number of fused-ring (bicyclic) bond motifs is 1. The second-order valence-electron chi connectivity index (χ2n) is 18.5. The van der Waals surface area contributed by atoms with E-state index >= 15 is 0 Å². The third kappa shape index (κ3) is 13.3. The van der Waals surface area contributed by atoms with Gasteiger partial charge in [0.2, 0.25) is 0 Å². The number of anilines is 2. The Balaban J connectivity index is 1.21. The van der Waals surface area contributed by atoms with Gasteiger partial charge < -0.3 is 38.2 Å². The Labute approximate surface area is 426 Å². The second-order valence-corrected chi connectivity index (χ2v) is 18.5. The number of methoxy groups -OCH3 is 2. The quantitative estimate of drug-likeness (QED) is 0.0180. The summed E-state index contributed by atoms with van der Waals surface area (Å²) in [6, 6.07) is 39.3. The molecular formula is C60H68N4O8. The molecule has 376 valence electrons. The maximum absolute atomic E-state index is 13.6. The summed E-state index contributed by atoms with van der Waals surface area (Å²) in [7, 11) is 3.37. The summed E-state index contributed by atoms with van der Waals surface area (Å²) >= 11 is 0. The van der Waals surface area contributed by atoms with Gasteiger partial charge in [-0.05, 0) is 151 Å². The monoisotopic (exact) mass is 973 g/mol. The molecule has 0 radical (unpaired) electrons. The number of carbonyl (C=O) groups excluding carboxylic acids is 2. The Hall–Kier alpha value is -7.06. The molecule has 0 bridgehead atoms. The molecule has 0 fully saturated rings. The summed E-state index contributed by atoms with van der Waals surface area (Å²) in [5.41, 5.74) is 8.51. The van der Waals surface area contributed by atoms with Gasteiger partial charge in [0.1, 0.15) is 34.8 Å². The number of hydrogen-bond acceptors (Lipinski definition) is 12. The Morgan fingerprint density at radius 1 is 0.597 bits per heavy atom. The van der Waals surface area contributed by atoms with Gasteiger partial charge in [0.15, 0.2) is 0 Å². The molecule has 0 amide bonds. The van der Waals surface area contributed by atoms with Crippen LogP contribution in [0.15, 0.2) is 120 Å². The summed E-state index contributed by atoms with van der Waals surface area (Å²) in [6.45, 7) is 18.9. The molecular weight excluding hydrogens is 905 g/mol. The highest BCUT2D eigenvalue weighted by Gasteiger charge is 2.49. The van der Waals surface area contributed by atoms with E-state index in [2.05, 4.69) is 41.8 Å². The smallest absolute Gasteiger partial charge is 0.354 e. The zero-order chi connectivity index (χ0) is 51.7. The van der Waals surface area contributed by atoms with Crippen LogP contribution in [0.25, 0.3) is 12.2 Å². The highest BCUT2D eigenvalue weighted by atomic mass is 16.5. The topological polar surface area (TPSA) is 144 Å². The van der Waals surface area contributed by atoms with Gasteiger partial charge in [0, 0.05) is 77.0 Å². The predicted molar refractivity (Wildman–Crippen MR) is 283 cm³/mol. The maximum atomic E-state index is 13.6. The van der Waals surface area contributed by atoms with Crippen LogP contribution >= 0.6 is 0 Å². The fraction of sp³-hybridized carbons (Fsp3) is 0.367. The second kappa shape index (κ2) is 25.9. The minimum atomic E-state index is -0.757. The lowest BCUT2D eigenvalue weighted by Gasteiger charge is -2.34. The van der Waals surface area contributed by atoms with E-state index in [0.717, 1.165) is 69.7 Å². The maximum Gasteiger partial charge on any atom is 0.354 e. The van der Waals surface area contributed by atoms with E-state index in [4.69, 9.17) is 28.4 Å². The minimum absolute atomic E-state index is 0.123. The van der Waals surface area contributed by atoms with Crippen molar-refractivity contribution in [3.05, 3.63) is 165 Å². The van der Waals surface area contributed by atoms with Gasteiger partial charge in [0.05, 0.1) is 19.8 Å². The lowest BCUT2D eigenvalue weighted by Crippen LogP contribution is -2.31. The number of benzene rings is 5. The van der Waals surface area contributed by atoms with Crippen LogP contribution in [0.4, 0.5) is 11.4 Å². The average Bonchev–Trinajstić information content (AvgIpc) is 3.63. The van der Waals surface area contributed by atoms with Gasteiger partial charge in [-0.3, -0.25) is 0 Å². The molecule has 0 aliphatic heterocycles. The number of ether oxygens (including phenoxy) is 6. The predicted octanol–water partition coefficient (Wildman–Crippen LogP) is 10.7. The van der Waals surface area contributed by atoms with Crippen LogP contribution in [0.3, 0.4) is 0 Å². The zero-order valence-electron chi connectivity index (χ0n) is 43.1. The SMILES string of the molecule is CCOCCN(CCOCC)c1ccc(C=C(C#N)C(=O)Oc2ccc(C3(c4ccc(OC(=O)C(C#N)=Cc5ccc(N(CCCOC)CCOC)cc5C)cc4)CC(C)(C)c4ccccc43)cc2)c(C)c1. The number of nitrogens with zero attached hydrogens (tertiary/aromatic N) is 4. The van der Waals surface area contributed by atoms with E-state index in [1.807, 2.05) is 107 Å². The standard InChI is InChI=1S/C60H68N4O8/c1-9-69-34-30-64(31-35-70-10-2)52-23-17-46(44(4)37-52)39-48(41-62)58(66)72-54-26-20-50(21-27-54)60(42-59(5,6)55-14-11-12-15-56(55)60)49-18-24-53(25-19-49)71-57(65)47(40-61)38-45-16-22-51(36-43(45)3)63(29-33-68-8)28-13-32-67-7/h11-12,14-27,36-39H,9-10,13,28-35,42H2,1-8H3. The minimum Gasteiger partial charge on any atom is -0.422 e. The molecule has 5 aromatic carbocycles. The summed E-state index contributed by atoms with van der Waals surface area (Å²) < 4.78 is 33.5. The molecule has 0 saturated carbocycles. The Kier molecular flexibility index (Phi) is 19.5. The summed E-state index contributed by atoms with van der Waals surface area (Å²) in [4.78, 5) is 31.5. The van der Waals surface area contributed by atoms with Crippen LogP contribution in [0.5, 0.6) is 11.5 Å². The molecule has 0 heterocycles. The molecule has 1 aliphatic rings. The third-order valence-electron chi connectivity index (χ3n) is 13.2. The highest BCUT2D eigenvalue weighted by molar-refractivity contribution is 6.00. The van der Waals surface area contributed by atoms with Crippen molar-refractivity contribution in [1.82, 2.24) is 0 Å². The van der Waals surface area contributed by atoms with Crippen LogP contribution < -0.4 is 19.3 Å².